The SMILES string of the molecule is C=CCSc1nnc(NC(=O)C2CC2(C)C)s1. The summed E-state index contributed by atoms with van der Waals surface area (Å²) < 4.78 is 0.857. The number of nitrogens with one attached hydrogen (secondary N) is 1. The van der Waals surface area contributed by atoms with Crippen molar-refractivity contribution in [3.63, 3.8) is 0 Å². The standard InChI is InChI=1S/C11H15N3OS2/c1-4-5-16-10-14-13-9(17-10)12-8(15)7-6-11(7,2)3/h4,7H,1,5-6H2,2-3H3,(H,12,13,15). The summed E-state index contributed by atoms with van der Waals surface area (Å²) in [6.07, 6.45) is 2.77. The molecular weight excluding hydrogens is 254 g/mol. The van der Waals surface area contributed by atoms with Crippen molar-refractivity contribution >= 4 is 34.1 Å². The molecule has 92 valence electrons. The molecule has 1 fully saturated rings. The number of hydrogen-bond donors (Lipinski definition) is 1. The summed E-state index contributed by atoms with van der Waals surface area (Å²) in [5.74, 6) is 0.986. The highest BCUT2D eigenvalue weighted by atomic mass is 32.2. The molecule has 1 N–H and O–H groups in total. The Hall–Kier alpha value is -0.880. The summed E-state index contributed by atoms with van der Waals surface area (Å²) >= 11 is 2.98. The van der Waals surface area contributed by atoms with Crippen molar-refractivity contribution < 1.29 is 4.79 Å². The van der Waals surface area contributed by atoms with Gasteiger partial charge in [0.05, 0.1) is 0 Å². The maximum atomic E-state index is 11.8. The van der Waals surface area contributed by atoms with Crippen LogP contribution < -0.4 is 5.32 Å². The lowest BCUT2D eigenvalue weighted by Gasteiger charge is -2.02. The largest absolute Gasteiger partial charge is 0.300 e. The van der Waals surface area contributed by atoms with Crippen LogP contribution >= 0.6 is 23.1 Å². The van der Waals surface area contributed by atoms with Gasteiger partial charge in [0.15, 0.2) is 4.34 Å². The molecule has 0 bridgehead atoms. The van der Waals surface area contributed by atoms with Gasteiger partial charge in [0.1, 0.15) is 0 Å². The van der Waals surface area contributed by atoms with E-state index in [-0.39, 0.29) is 17.2 Å². The fourth-order valence-electron chi connectivity index (χ4n) is 1.56. The van der Waals surface area contributed by atoms with Gasteiger partial charge >= 0.3 is 0 Å². The summed E-state index contributed by atoms with van der Waals surface area (Å²) in [6, 6.07) is 0. The average Bonchev–Trinajstić information content (AvgIpc) is 2.72. The minimum Gasteiger partial charge on any atom is -0.300 e. The maximum absolute atomic E-state index is 11.8. The summed E-state index contributed by atoms with van der Waals surface area (Å²) in [5, 5.41) is 11.4. The van der Waals surface area contributed by atoms with Crippen LogP contribution in [-0.2, 0) is 4.79 Å². The fourth-order valence-corrected chi connectivity index (χ4v) is 3.07. The molecule has 0 saturated heterocycles. The molecule has 1 atom stereocenters. The number of amides is 1. The van der Waals surface area contributed by atoms with Crippen molar-refractivity contribution in [2.24, 2.45) is 11.3 Å². The summed E-state index contributed by atoms with van der Waals surface area (Å²) in [5.41, 5.74) is 0.148. The van der Waals surface area contributed by atoms with Crippen molar-refractivity contribution in [3.05, 3.63) is 12.7 Å². The van der Waals surface area contributed by atoms with Crippen LogP contribution in [-0.4, -0.2) is 21.9 Å². The zero-order valence-electron chi connectivity index (χ0n) is 9.90. The van der Waals surface area contributed by atoms with Crippen LogP contribution in [0.2, 0.25) is 0 Å². The topological polar surface area (TPSA) is 54.9 Å². The van der Waals surface area contributed by atoms with E-state index in [9.17, 15) is 4.79 Å². The molecule has 0 aromatic carbocycles. The van der Waals surface area contributed by atoms with Crippen LogP contribution in [0.4, 0.5) is 5.13 Å². The number of nitrogens with zero attached hydrogens (tertiary/aromatic N) is 2. The Morgan fingerprint density at radius 2 is 2.41 bits per heavy atom. The second-order valence-electron chi connectivity index (χ2n) is 4.71. The smallest absolute Gasteiger partial charge is 0.229 e. The third kappa shape index (κ3) is 3.07. The molecule has 1 aliphatic rings. The average molecular weight is 269 g/mol. The van der Waals surface area contributed by atoms with Gasteiger partial charge in [-0.15, -0.1) is 16.8 Å². The Morgan fingerprint density at radius 3 is 3.00 bits per heavy atom. The lowest BCUT2D eigenvalue weighted by atomic mass is 10.1. The number of carbonyl (C=O) groups is 1. The molecule has 1 aromatic heterocycles. The highest BCUT2D eigenvalue weighted by Crippen LogP contribution is 2.52. The normalized spacial score (nSPS) is 20.9. The Morgan fingerprint density at radius 1 is 1.71 bits per heavy atom. The van der Waals surface area contributed by atoms with Crippen LogP contribution in [0, 0.1) is 11.3 Å². The minimum absolute atomic E-state index is 0.0615. The fraction of sp³-hybridized carbons (Fsp3) is 0.545. The highest BCUT2D eigenvalue weighted by Gasteiger charge is 2.50. The molecule has 1 aromatic rings. The summed E-state index contributed by atoms with van der Waals surface area (Å²) in [6.45, 7) is 7.84. The van der Waals surface area contributed by atoms with Crippen LogP contribution in [0.15, 0.2) is 17.0 Å². The molecule has 1 saturated carbocycles. The van der Waals surface area contributed by atoms with E-state index in [0.29, 0.717) is 5.13 Å². The first-order valence-corrected chi connectivity index (χ1v) is 7.21. The quantitative estimate of drug-likeness (QED) is 0.507. The van der Waals surface area contributed by atoms with Crippen LogP contribution in [0.3, 0.4) is 0 Å². The Bertz CT molecular complexity index is 442. The van der Waals surface area contributed by atoms with Crippen molar-refractivity contribution in [3.8, 4) is 0 Å². The van der Waals surface area contributed by atoms with E-state index in [1.54, 1.807) is 11.8 Å². The van der Waals surface area contributed by atoms with Gasteiger partial charge in [0.25, 0.3) is 0 Å². The third-order valence-electron chi connectivity index (χ3n) is 2.79. The molecule has 0 spiro atoms. The highest BCUT2D eigenvalue weighted by molar-refractivity contribution is 8.01. The first-order chi connectivity index (χ1) is 8.03. The molecule has 17 heavy (non-hydrogen) atoms. The molecule has 6 heteroatoms. The molecule has 1 heterocycles. The Kier molecular flexibility index (Phi) is 3.53. The second-order valence-corrected chi connectivity index (χ2v) is 6.95. The molecular formula is C11H15N3OS2. The first-order valence-electron chi connectivity index (χ1n) is 5.41. The van der Waals surface area contributed by atoms with Crippen molar-refractivity contribution in [2.45, 2.75) is 24.6 Å². The van der Waals surface area contributed by atoms with Crippen molar-refractivity contribution in [1.82, 2.24) is 10.2 Å². The lowest BCUT2D eigenvalue weighted by molar-refractivity contribution is -0.118. The van der Waals surface area contributed by atoms with E-state index in [0.717, 1.165) is 16.5 Å². The molecule has 2 rings (SSSR count). The number of hydrogen-bond acceptors (Lipinski definition) is 5. The second kappa shape index (κ2) is 4.78. The predicted octanol–water partition coefficient (Wildman–Crippen LogP) is 2.80. The monoisotopic (exact) mass is 269 g/mol. The number of thioether (sulfide) groups is 1. The maximum Gasteiger partial charge on any atom is 0.229 e. The number of carbonyl (C=O) groups excluding carboxylic acids is 1. The van der Waals surface area contributed by atoms with E-state index < -0.39 is 0 Å². The Labute approximate surface area is 109 Å². The van der Waals surface area contributed by atoms with Gasteiger partial charge in [-0.2, -0.15) is 0 Å². The number of anilines is 1. The van der Waals surface area contributed by atoms with E-state index in [4.69, 9.17) is 0 Å². The van der Waals surface area contributed by atoms with Crippen molar-refractivity contribution in [2.75, 3.05) is 11.1 Å². The molecule has 1 amide bonds. The van der Waals surface area contributed by atoms with E-state index in [1.807, 2.05) is 6.08 Å². The Balaban J connectivity index is 1.89. The molecule has 0 aliphatic heterocycles. The van der Waals surface area contributed by atoms with Crippen LogP contribution in [0.1, 0.15) is 20.3 Å². The molecule has 4 nitrogen and oxygen atoms in total. The lowest BCUT2D eigenvalue weighted by Crippen LogP contribution is -2.16. The zero-order chi connectivity index (χ0) is 12.5. The van der Waals surface area contributed by atoms with Gasteiger partial charge in [0.2, 0.25) is 11.0 Å². The summed E-state index contributed by atoms with van der Waals surface area (Å²) in [7, 11) is 0. The molecule has 1 unspecified atom stereocenters. The van der Waals surface area contributed by atoms with Gasteiger partial charge in [-0.25, -0.2) is 0 Å². The van der Waals surface area contributed by atoms with Crippen LogP contribution in [0.5, 0.6) is 0 Å². The molecule has 1 aliphatic carbocycles. The number of rotatable bonds is 5. The predicted molar refractivity (Wildman–Crippen MR) is 71.3 cm³/mol. The zero-order valence-corrected chi connectivity index (χ0v) is 11.5. The van der Waals surface area contributed by atoms with Crippen molar-refractivity contribution in [1.29, 1.82) is 0 Å². The van der Waals surface area contributed by atoms with E-state index in [1.165, 1.54) is 11.3 Å². The summed E-state index contributed by atoms with van der Waals surface area (Å²) in [4.78, 5) is 11.8. The van der Waals surface area contributed by atoms with Crippen LogP contribution in [0.25, 0.3) is 0 Å². The van der Waals surface area contributed by atoms with E-state index >= 15 is 0 Å². The van der Waals surface area contributed by atoms with Gasteiger partial charge < -0.3 is 5.32 Å². The van der Waals surface area contributed by atoms with Gasteiger partial charge in [-0.05, 0) is 11.8 Å². The first kappa shape index (κ1) is 12.6. The van der Waals surface area contributed by atoms with E-state index in [2.05, 4.69) is 35.9 Å². The molecule has 0 radical (unpaired) electrons. The van der Waals surface area contributed by atoms with Gasteiger partial charge in [0, 0.05) is 11.7 Å². The van der Waals surface area contributed by atoms with Gasteiger partial charge in [-0.3, -0.25) is 4.79 Å². The minimum atomic E-state index is 0.0615. The van der Waals surface area contributed by atoms with Gasteiger partial charge in [-0.1, -0.05) is 43.0 Å². The third-order valence-corrected chi connectivity index (χ3v) is 4.76. The number of aromatic nitrogens is 2.